The highest BCUT2D eigenvalue weighted by Crippen LogP contribution is 2.42. The molecule has 10 rings (SSSR count). The molecule has 0 saturated heterocycles. The summed E-state index contributed by atoms with van der Waals surface area (Å²) in [5.74, 6) is 1.82. The van der Waals surface area contributed by atoms with E-state index >= 15 is 0 Å². The van der Waals surface area contributed by atoms with Crippen LogP contribution in [-0.4, -0.2) is 19.9 Å². The van der Waals surface area contributed by atoms with Gasteiger partial charge >= 0.3 is 0 Å². The lowest BCUT2D eigenvalue weighted by Gasteiger charge is -2.16. The first-order valence-electron chi connectivity index (χ1n) is 18.5. The van der Waals surface area contributed by atoms with Crippen LogP contribution in [0.25, 0.3) is 105 Å². The van der Waals surface area contributed by atoms with Crippen LogP contribution in [0.1, 0.15) is 0 Å². The van der Waals surface area contributed by atoms with Crippen LogP contribution in [0.15, 0.2) is 188 Å². The van der Waals surface area contributed by atoms with Crippen LogP contribution in [0.2, 0.25) is 0 Å². The van der Waals surface area contributed by atoms with Crippen molar-refractivity contribution < 1.29 is 0 Å². The van der Waals surface area contributed by atoms with Gasteiger partial charge < -0.3 is 0 Å². The molecule has 0 aliphatic rings. The van der Waals surface area contributed by atoms with Crippen LogP contribution < -0.4 is 0 Å². The number of hydrogen-bond acceptors (Lipinski definition) is 4. The zero-order valence-corrected chi connectivity index (χ0v) is 30.1. The standard InChI is InChI=1S/C51H31N5/c1-52-40-26-24-34(25-27-40)44-31-47-43-23-12-28-53-48(43)45(32-46(47)42-22-9-8-21-41(42)44)37-18-11-20-39(30-37)51-55-49(35-15-6-3-7-16-35)54-50(56-51)38-19-10-17-36(29-38)33-13-4-2-5-14-33/h2-32H. The van der Waals surface area contributed by atoms with Crippen LogP contribution in [0.3, 0.4) is 0 Å². The molecule has 0 amide bonds. The van der Waals surface area contributed by atoms with E-state index in [-0.39, 0.29) is 0 Å². The molecule has 10 aromatic rings. The number of rotatable bonds is 6. The molecule has 0 fully saturated rings. The van der Waals surface area contributed by atoms with E-state index < -0.39 is 0 Å². The maximum absolute atomic E-state index is 7.43. The highest BCUT2D eigenvalue weighted by Gasteiger charge is 2.17. The number of fused-ring (bicyclic) bond motifs is 5. The van der Waals surface area contributed by atoms with Crippen molar-refractivity contribution in [1.82, 2.24) is 19.9 Å². The van der Waals surface area contributed by atoms with Crippen molar-refractivity contribution in [2.24, 2.45) is 0 Å². The molecule has 0 unspecified atom stereocenters. The fraction of sp³-hybridized carbons (Fsp3) is 0. The van der Waals surface area contributed by atoms with Crippen LogP contribution in [0, 0.1) is 6.57 Å². The molecular formula is C51H31N5. The maximum atomic E-state index is 7.43. The fourth-order valence-corrected chi connectivity index (χ4v) is 7.65. The Hall–Kier alpha value is -7.81. The summed E-state index contributed by atoms with van der Waals surface area (Å²) in [6.45, 7) is 7.43. The largest absolute Gasteiger partial charge is 0.256 e. The van der Waals surface area contributed by atoms with Gasteiger partial charge in [0.25, 0.3) is 0 Å². The van der Waals surface area contributed by atoms with E-state index in [2.05, 4.69) is 120 Å². The summed E-state index contributed by atoms with van der Waals surface area (Å²) in [5.41, 5.74) is 10.7. The van der Waals surface area contributed by atoms with Gasteiger partial charge in [-0.2, -0.15) is 0 Å². The molecule has 0 bridgehead atoms. The molecule has 2 heterocycles. The average Bonchev–Trinajstić information content (AvgIpc) is 3.29. The SMILES string of the molecule is [C-]#[N+]c1ccc(-c2cc3c4cccnc4c(-c4cccc(-c5nc(-c6ccccc6)nc(-c6cccc(-c7ccccc7)c6)n5)c4)cc3c3ccccc23)cc1. The molecule has 0 atom stereocenters. The Bertz CT molecular complexity index is 3130. The lowest BCUT2D eigenvalue weighted by molar-refractivity contribution is 1.07. The Balaban J connectivity index is 1.15. The molecule has 2 aromatic heterocycles. The summed E-state index contributed by atoms with van der Waals surface area (Å²) in [4.78, 5) is 23.8. The third kappa shape index (κ3) is 5.92. The van der Waals surface area contributed by atoms with Gasteiger partial charge in [0, 0.05) is 33.8 Å². The van der Waals surface area contributed by atoms with E-state index in [9.17, 15) is 0 Å². The van der Waals surface area contributed by atoms with Crippen LogP contribution in [0.5, 0.6) is 0 Å². The van der Waals surface area contributed by atoms with Crippen LogP contribution in [0.4, 0.5) is 5.69 Å². The molecule has 260 valence electrons. The zero-order valence-electron chi connectivity index (χ0n) is 30.1. The van der Waals surface area contributed by atoms with Crippen LogP contribution >= 0.6 is 0 Å². The second-order valence-electron chi connectivity index (χ2n) is 13.7. The summed E-state index contributed by atoms with van der Waals surface area (Å²) < 4.78 is 0. The Morgan fingerprint density at radius 1 is 0.339 bits per heavy atom. The highest BCUT2D eigenvalue weighted by atomic mass is 15.0. The van der Waals surface area contributed by atoms with Crippen molar-refractivity contribution in [2.45, 2.75) is 0 Å². The third-order valence-electron chi connectivity index (χ3n) is 10.4. The minimum Gasteiger partial charge on any atom is -0.256 e. The third-order valence-corrected chi connectivity index (χ3v) is 10.4. The van der Waals surface area contributed by atoms with E-state index in [1.54, 1.807) is 0 Å². The first kappa shape index (κ1) is 32.8. The Morgan fingerprint density at radius 2 is 0.857 bits per heavy atom. The molecule has 8 aromatic carbocycles. The summed E-state index contributed by atoms with van der Waals surface area (Å²) in [6.07, 6.45) is 1.86. The van der Waals surface area contributed by atoms with E-state index in [0.717, 1.165) is 82.5 Å². The van der Waals surface area contributed by atoms with Gasteiger partial charge in [-0.1, -0.05) is 152 Å². The van der Waals surface area contributed by atoms with Gasteiger partial charge in [0.05, 0.1) is 12.1 Å². The van der Waals surface area contributed by atoms with Gasteiger partial charge in [-0.3, -0.25) is 4.98 Å². The molecule has 0 aliphatic heterocycles. The second kappa shape index (κ2) is 13.9. The minimum atomic E-state index is 0.596. The Morgan fingerprint density at radius 3 is 1.55 bits per heavy atom. The second-order valence-corrected chi connectivity index (χ2v) is 13.7. The Kier molecular flexibility index (Phi) is 8.13. The van der Waals surface area contributed by atoms with Gasteiger partial charge in [-0.05, 0) is 79.7 Å². The number of aromatic nitrogens is 4. The molecule has 0 radical (unpaired) electrons. The number of pyridine rings is 1. The number of hydrogen-bond donors (Lipinski definition) is 0. The van der Waals surface area contributed by atoms with Gasteiger partial charge in [-0.15, -0.1) is 0 Å². The lowest BCUT2D eigenvalue weighted by Crippen LogP contribution is -2.00. The topological polar surface area (TPSA) is 55.9 Å². The van der Waals surface area contributed by atoms with Gasteiger partial charge in [-0.25, -0.2) is 19.8 Å². The van der Waals surface area contributed by atoms with E-state index in [0.29, 0.717) is 23.2 Å². The van der Waals surface area contributed by atoms with Gasteiger partial charge in [0.2, 0.25) is 0 Å². The van der Waals surface area contributed by atoms with Gasteiger partial charge in [0.1, 0.15) is 0 Å². The molecule has 5 heteroatoms. The quantitative estimate of drug-likeness (QED) is 0.127. The van der Waals surface area contributed by atoms with Gasteiger partial charge in [0.15, 0.2) is 23.2 Å². The smallest absolute Gasteiger partial charge is 0.187 e. The normalized spacial score (nSPS) is 11.2. The average molecular weight is 714 g/mol. The molecule has 0 N–H and O–H groups in total. The van der Waals surface area contributed by atoms with E-state index in [1.807, 2.05) is 72.9 Å². The summed E-state index contributed by atoms with van der Waals surface area (Å²) >= 11 is 0. The molecule has 56 heavy (non-hydrogen) atoms. The molecule has 0 spiro atoms. The summed E-state index contributed by atoms with van der Waals surface area (Å²) in [6, 6.07) is 62.4. The zero-order chi connectivity index (χ0) is 37.4. The number of nitrogens with zero attached hydrogens (tertiary/aromatic N) is 5. The highest BCUT2D eigenvalue weighted by molar-refractivity contribution is 6.23. The molecule has 0 aliphatic carbocycles. The van der Waals surface area contributed by atoms with Crippen LogP contribution in [-0.2, 0) is 0 Å². The van der Waals surface area contributed by atoms with Crippen molar-refractivity contribution in [2.75, 3.05) is 0 Å². The minimum absolute atomic E-state index is 0.596. The predicted octanol–water partition coefficient (Wildman–Crippen LogP) is 13.3. The van der Waals surface area contributed by atoms with Crippen molar-refractivity contribution in [3.05, 3.63) is 200 Å². The monoisotopic (exact) mass is 713 g/mol. The van der Waals surface area contributed by atoms with E-state index in [1.165, 1.54) is 0 Å². The number of benzene rings is 8. The molecular weight excluding hydrogens is 683 g/mol. The summed E-state index contributed by atoms with van der Waals surface area (Å²) in [5, 5.41) is 5.66. The molecule has 0 saturated carbocycles. The van der Waals surface area contributed by atoms with E-state index in [4.69, 9.17) is 26.5 Å². The predicted molar refractivity (Wildman–Crippen MR) is 229 cm³/mol. The van der Waals surface area contributed by atoms with Crippen molar-refractivity contribution in [3.8, 4) is 67.5 Å². The van der Waals surface area contributed by atoms with Crippen molar-refractivity contribution in [3.63, 3.8) is 0 Å². The lowest BCUT2D eigenvalue weighted by atomic mass is 9.89. The Labute approximate surface area is 324 Å². The first-order valence-corrected chi connectivity index (χ1v) is 18.5. The first-order chi connectivity index (χ1) is 27.7. The molecule has 5 nitrogen and oxygen atoms in total. The summed E-state index contributed by atoms with van der Waals surface area (Å²) in [7, 11) is 0. The van der Waals surface area contributed by atoms with Crippen molar-refractivity contribution in [1.29, 1.82) is 0 Å². The van der Waals surface area contributed by atoms with Crippen molar-refractivity contribution >= 4 is 38.1 Å². The fourth-order valence-electron chi connectivity index (χ4n) is 7.65. The maximum Gasteiger partial charge on any atom is 0.187 e.